The molecule has 0 aromatic rings. The second-order valence-electron chi connectivity index (χ2n) is 3.81. The zero-order valence-electron chi connectivity index (χ0n) is 7.19. The highest BCUT2D eigenvalue weighted by Crippen LogP contribution is 2.31. The highest BCUT2D eigenvalue weighted by molar-refractivity contribution is 4.79. The van der Waals surface area contributed by atoms with Gasteiger partial charge < -0.3 is 0 Å². The lowest BCUT2D eigenvalue weighted by atomic mass is 9.94. The normalized spacial score (nSPS) is 46.9. The van der Waals surface area contributed by atoms with Crippen LogP contribution in [0.5, 0.6) is 0 Å². The molecular weight excluding hydrogens is 146 g/mol. The molecule has 1 aliphatic carbocycles. The topological polar surface area (TPSA) is 0 Å². The van der Waals surface area contributed by atoms with Gasteiger partial charge in [-0.1, -0.05) is 13.8 Å². The van der Waals surface area contributed by atoms with E-state index in [0.29, 0.717) is 19.3 Å². The Bertz CT molecular complexity index is 125. The van der Waals surface area contributed by atoms with Gasteiger partial charge in [0, 0.05) is 0 Å². The van der Waals surface area contributed by atoms with E-state index in [0.717, 1.165) is 0 Å². The van der Waals surface area contributed by atoms with Crippen molar-refractivity contribution in [3.63, 3.8) is 0 Å². The zero-order chi connectivity index (χ0) is 8.43. The predicted molar refractivity (Wildman–Crippen MR) is 42.0 cm³/mol. The fourth-order valence-corrected chi connectivity index (χ4v) is 1.82. The average Bonchev–Trinajstić information content (AvgIpc) is 2.05. The molecule has 1 aliphatic rings. The first-order valence-corrected chi connectivity index (χ1v) is 4.39. The van der Waals surface area contributed by atoms with Crippen LogP contribution in [0.3, 0.4) is 0 Å². The van der Waals surface area contributed by atoms with Crippen molar-refractivity contribution in [1.82, 2.24) is 0 Å². The quantitative estimate of drug-likeness (QED) is 0.480. The first-order valence-electron chi connectivity index (χ1n) is 4.39. The van der Waals surface area contributed by atoms with Crippen molar-refractivity contribution in [3.05, 3.63) is 0 Å². The summed E-state index contributed by atoms with van der Waals surface area (Å²) in [7, 11) is 0. The summed E-state index contributed by atoms with van der Waals surface area (Å²) in [6, 6.07) is 0. The van der Waals surface area contributed by atoms with Crippen LogP contribution in [0.1, 0.15) is 33.1 Å². The van der Waals surface area contributed by atoms with E-state index in [1.165, 1.54) is 0 Å². The molecule has 11 heavy (non-hydrogen) atoms. The molecule has 0 nitrogen and oxygen atoms in total. The molecule has 4 atom stereocenters. The van der Waals surface area contributed by atoms with Gasteiger partial charge >= 0.3 is 0 Å². The van der Waals surface area contributed by atoms with E-state index >= 15 is 0 Å². The Morgan fingerprint density at radius 2 is 1.64 bits per heavy atom. The summed E-state index contributed by atoms with van der Waals surface area (Å²) >= 11 is 0. The SMILES string of the molecule is CC1CCC(F)CC(C)C1F. The third-order valence-electron chi connectivity index (χ3n) is 2.65. The van der Waals surface area contributed by atoms with Crippen molar-refractivity contribution in [1.29, 1.82) is 0 Å². The second-order valence-corrected chi connectivity index (χ2v) is 3.81. The molecule has 1 saturated carbocycles. The summed E-state index contributed by atoms with van der Waals surface area (Å²) in [6.07, 6.45) is 0.0911. The maximum atomic E-state index is 13.2. The van der Waals surface area contributed by atoms with Crippen molar-refractivity contribution in [2.45, 2.75) is 45.5 Å². The number of rotatable bonds is 0. The van der Waals surface area contributed by atoms with Crippen LogP contribution in [-0.2, 0) is 0 Å². The van der Waals surface area contributed by atoms with Crippen molar-refractivity contribution in [2.24, 2.45) is 11.8 Å². The van der Waals surface area contributed by atoms with Crippen molar-refractivity contribution in [2.75, 3.05) is 0 Å². The highest BCUT2D eigenvalue weighted by atomic mass is 19.1. The van der Waals surface area contributed by atoms with Crippen LogP contribution in [-0.4, -0.2) is 12.3 Å². The lowest BCUT2D eigenvalue weighted by Gasteiger charge is -2.17. The van der Waals surface area contributed by atoms with E-state index in [1.54, 1.807) is 6.92 Å². The second kappa shape index (κ2) is 3.51. The minimum Gasteiger partial charge on any atom is -0.247 e. The largest absolute Gasteiger partial charge is 0.247 e. The van der Waals surface area contributed by atoms with E-state index in [4.69, 9.17) is 0 Å². The van der Waals surface area contributed by atoms with Gasteiger partial charge in [-0.2, -0.15) is 0 Å². The number of halogens is 2. The Balaban J connectivity index is 2.53. The van der Waals surface area contributed by atoms with Crippen LogP contribution in [0.15, 0.2) is 0 Å². The minimum atomic E-state index is -0.796. The monoisotopic (exact) mass is 162 g/mol. The maximum absolute atomic E-state index is 13.2. The van der Waals surface area contributed by atoms with Gasteiger partial charge in [-0.3, -0.25) is 0 Å². The number of alkyl halides is 2. The summed E-state index contributed by atoms with van der Waals surface area (Å²) in [5, 5.41) is 0. The molecule has 2 heteroatoms. The Morgan fingerprint density at radius 3 is 2.27 bits per heavy atom. The van der Waals surface area contributed by atoms with E-state index in [9.17, 15) is 8.78 Å². The van der Waals surface area contributed by atoms with E-state index in [1.807, 2.05) is 6.92 Å². The van der Waals surface area contributed by atoms with Gasteiger partial charge in [-0.25, -0.2) is 8.78 Å². The summed E-state index contributed by atoms with van der Waals surface area (Å²) in [6.45, 7) is 3.68. The molecule has 0 spiro atoms. The summed E-state index contributed by atoms with van der Waals surface area (Å²) < 4.78 is 26.1. The molecule has 4 unspecified atom stereocenters. The fourth-order valence-electron chi connectivity index (χ4n) is 1.82. The van der Waals surface area contributed by atoms with Crippen LogP contribution < -0.4 is 0 Å². The molecule has 1 fully saturated rings. The Labute approximate surface area is 67.0 Å². The Morgan fingerprint density at radius 1 is 1.00 bits per heavy atom. The standard InChI is InChI=1S/C9H16F2/c1-6-3-4-8(10)5-7(2)9(6)11/h6-9H,3-5H2,1-2H3. The van der Waals surface area contributed by atoms with Crippen LogP contribution in [0, 0.1) is 11.8 Å². The third kappa shape index (κ3) is 2.14. The molecule has 0 aromatic heterocycles. The number of hydrogen-bond donors (Lipinski definition) is 0. The maximum Gasteiger partial charge on any atom is 0.105 e. The van der Waals surface area contributed by atoms with E-state index in [-0.39, 0.29) is 11.8 Å². The highest BCUT2D eigenvalue weighted by Gasteiger charge is 2.29. The molecule has 0 aliphatic heterocycles. The number of hydrogen-bond acceptors (Lipinski definition) is 0. The van der Waals surface area contributed by atoms with Gasteiger partial charge in [0.05, 0.1) is 0 Å². The Hall–Kier alpha value is -0.140. The average molecular weight is 162 g/mol. The van der Waals surface area contributed by atoms with E-state index in [2.05, 4.69) is 0 Å². The molecule has 0 saturated heterocycles. The molecule has 0 aromatic carbocycles. The van der Waals surface area contributed by atoms with E-state index < -0.39 is 12.3 Å². The first-order chi connectivity index (χ1) is 5.11. The smallest absolute Gasteiger partial charge is 0.105 e. The van der Waals surface area contributed by atoms with Gasteiger partial charge in [0.15, 0.2) is 0 Å². The molecule has 66 valence electrons. The van der Waals surface area contributed by atoms with Crippen LogP contribution in [0.4, 0.5) is 8.78 Å². The molecule has 0 amide bonds. The van der Waals surface area contributed by atoms with Crippen molar-refractivity contribution >= 4 is 0 Å². The fraction of sp³-hybridized carbons (Fsp3) is 1.00. The third-order valence-corrected chi connectivity index (χ3v) is 2.65. The van der Waals surface area contributed by atoms with Crippen LogP contribution >= 0.6 is 0 Å². The molecular formula is C9H16F2. The zero-order valence-corrected chi connectivity index (χ0v) is 7.19. The van der Waals surface area contributed by atoms with Gasteiger partial charge in [0.2, 0.25) is 0 Å². The molecule has 1 rings (SSSR count). The molecule has 0 radical (unpaired) electrons. The van der Waals surface area contributed by atoms with Crippen molar-refractivity contribution in [3.8, 4) is 0 Å². The first kappa shape index (κ1) is 8.95. The van der Waals surface area contributed by atoms with Gasteiger partial charge in [0.25, 0.3) is 0 Å². The molecule has 0 N–H and O–H groups in total. The summed E-state index contributed by atoms with van der Waals surface area (Å²) in [5.74, 6) is -0.0479. The summed E-state index contributed by atoms with van der Waals surface area (Å²) in [5.41, 5.74) is 0. The van der Waals surface area contributed by atoms with Crippen LogP contribution in [0.2, 0.25) is 0 Å². The van der Waals surface area contributed by atoms with Crippen LogP contribution in [0.25, 0.3) is 0 Å². The minimum absolute atomic E-state index is 0.0470. The lowest BCUT2D eigenvalue weighted by molar-refractivity contribution is 0.164. The van der Waals surface area contributed by atoms with Gasteiger partial charge in [0.1, 0.15) is 12.3 Å². The summed E-state index contributed by atoms with van der Waals surface area (Å²) in [4.78, 5) is 0. The van der Waals surface area contributed by atoms with Gasteiger partial charge in [-0.05, 0) is 31.1 Å². The van der Waals surface area contributed by atoms with Crippen molar-refractivity contribution < 1.29 is 8.78 Å². The molecule has 0 bridgehead atoms. The Kier molecular flexibility index (Phi) is 2.85. The van der Waals surface area contributed by atoms with Gasteiger partial charge in [-0.15, -0.1) is 0 Å². The predicted octanol–water partition coefficient (Wildman–Crippen LogP) is 3.12. The lowest BCUT2D eigenvalue weighted by Crippen LogP contribution is -2.19. The molecule has 0 heterocycles.